The zero-order valence-electron chi connectivity index (χ0n) is 17.9. The molecule has 0 radical (unpaired) electrons. The number of aromatic nitrogens is 3. The summed E-state index contributed by atoms with van der Waals surface area (Å²) in [6, 6.07) is 7.54. The quantitative estimate of drug-likeness (QED) is 0.459. The number of nitrogens with one attached hydrogen (secondary N) is 1. The maximum atomic E-state index is 12.7. The summed E-state index contributed by atoms with van der Waals surface area (Å²) in [4.78, 5) is 26.4. The third kappa shape index (κ3) is 5.30. The first-order valence-electron chi connectivity index (χ1n) is 9.94. The van der Waals surface area contributed by atoms with Crippen LogP contribution in [0.1, 0.15) is 52.9 Å². The fraction of sp³-hybridized carbons (Fsp3) is 0.409. The maximum Gasteiger partial charge on any atom is 0.410 e. The highest BCUT2D eigenvalue weighted by Gasteiger charge is 2.28. The number of amides is 1. The van der Waals surface area contributed by atoms with Crippen LogP contribution in [0.5, 0.6) is 0 Å². The summed E-state index contributed by atoms with van der Waals surface area (Å²) in [6.45, 7) is 10.1. The van der Waals surface area contributed by atoms with Gasteiger partial charge in [-0.1, -0.05) is 35.0 Å². The van der Waals surface area contributed by atoms with Crippen LogP contribution in [0.4, 0.5) is 4.79 Å². The Hall–Kier alpha value is -2.61. The van der Waals surface area contributed by atoms with Crippen LogP contribution in [-0.2, 0) is 4.74 Å². The second kappa shape index (κ2) is 9.04. The summed E-state index contributed by atoms with van der Waals surface area (Å²) in [5.41, 5.74) is 1.02. The van der Waals surface area contributed by atoms with Crippen LogP contribution in [0.3, 0.4) is 0 Å². The number of imidazole rings is 1. The maximum absolute atomic E-state index is 12.7. The largest absolute Gasteiger partial charge is 0.444 e. The van der Waals surface area contributed by atoms with Gasteiger partial charge in [0.2, 0.25) is 5.89 Å². The van der Waals surface area contributed by atoms with Crippen molar-refractivity contribution in [2.45, 2.75) is 52.7 Å². The first kappa shape index (κ1) is 22.1. The molecule has 1 aromatic carbocycles. The molecule has 0 unspecified atom stereocenters. The lowest BCUT2D eigenvalue weighted by Crippen LogP contribution is -2.39. The average molecular weight is 475 g/mol. The van der Waals surface area contributed by atoms with E-state index >= 15 is 0 Å². The summed E-state index contributed by atoms with van der Waals surface area (Å²) < 4.78 is 12.4. The van der Waals surface area contributed by atoms with E-state index < -0.39 is 5.60 Å². The van der Waals surface area contributed by atoms with Crippen LogP contribution in [0.15, 0.2) is 45.5 Å². The number of oxazole rings is 1. The molecule has 1 amide bonds. The van der Waals surface area contributed by atoms with E-state index in [1.165, 1.54) is 0 Å². The second-order valence-corrected chi connectivity index (χ2v) is 8.99. The molecule has 0 fully saturated rings. The van der Waals surface area contributed by atoms with Gasteiger partial charge in [0.15, 0.2) is 5.76 Å². The normalized spacial score (nSPS) is 12.6. The Morgan fingerprint density at radius 2 is 2.07 bits per heavy atom. The molecule has 3 rings (SSSR count). The summed E-state index contributed by atoms with van der Waals surface area (Å²) in [7, 11) is 0. The number of carbonyl (C=O) groups excluding carboxylic acids is 1. The lowest BCUT2D eigenvalue weighted by atomic mass is 10.2. The topological polar surface area (TPSA) is 84.2 Å². The molecular weight excluding hydrogens is 448 g/mol. The van der Waals surface area contributed by atoms with Crippen molar-refractivity contribution in [1.82, 2.24) is 19.9 Å². The number of hydrogen-bond donors (Lipinski definition) is 1. The fourth-order valence-corrected chi connectivity index (χ4v) is 3.38. The van der Waals surface area contributed by atoms with E-state index in [0.29, 0.717) is 29.7 Å². The molecule has 0 spiro atoms. The summed E-state index contributed by atoms with van der Waals surface area (Å²) in [5.74, 6) is 1.75. The second-order valence-electron chi connectivity index (χ2n) is 8.07. The molecule has 8 heteroatoms. The average Bonchev–Trinajstić information content (AvgIpc) is 3.33. The van der Waals surface area contributed by atoms with Crippen molar-refractivity contribution in [3.63, 3.8) is 0 Å². The van der Waals surface area contributed by atoms with Crippen molar-refractivity contribution in [2.75, 3.05) is 6.54 Å². The summed E-state index contributed by atoms with van der Waals surface area (Å²) >= 11 is 3.47. The molecule has 0 bridgehead atoms. The van der Waals surface area contributed by atoms with E-state index in [0.717, 1.165) is 16.5 Å². The van der Waals surface area contributed by atoms with Gasteiger partial charge < -0.3 is 14.1 Å². The van der Waals surface area contributed by atoms with Gasteiger partial charge in [0.05, 0.1) is 18.4 Å². The molecule has 160 valence electrons. The number of aromatic amines is 1. The molecule has 2 heterocycles. The minimum Gasteiger partial charge on any atom is -0.444 e. The highest BCUT2D eigenvalue weighted by atomic mass is 79.9. The third-order valence-corrected chi connectivity index (χ3v) is 4.89. The van der Waals surface area contributed by atoms with Gasteiger partial charge in [0, 0.05) is 16.6 Å². The van der Waals surface area contributed by atoms with Crippen molar-refractivity contribution in [1.29, 1.82) is 0 Å². The molecule has 0 aliphatic heterocycles. The molecule has 30 heavy (non-hydrogen) atoms. The summed E-state index contributed by atoms with van der Waals surface area (Å²) in [6.07, 6.45) is 3.81. The van der Waals surface area contributed by atoms with Crippen molar-refractivity contribution >= 4 is 22.0 Å². The number of carbonyl (C=O) groups is 1. The molecule has 0 saturated heterocycles. The molecule has 1 atom stereocenters. The molecule has 1 N–H and O–H groups in total. The van der Waals surface area contributed by atoms with Crippen LogP contribution in [-0.4, -0.2) is 38.1 Å². The highest BCUT2D eigenvalue weighted by molar-refractivity contribution is 9.10. The third-order valence-electron chi connectivity index (χ3n) is 4.40. The summed E-state index contributed by atoms with van der Waals surface area (Å²) in [5, 5.41) is 0. The van der Waals surface area contributed by atoms with Gasteiger partial charge in [0.25, 0.3) is 0 Å². The molecule has 0 saturated carbocycles. The number of nitrogens with zero attached hydrogens (tertiary/aromatic N) is 3. The highest BCUT2D eigenvalue weighted by Crippen LogP contribution is 2.28. The van der Waals surface area contributed by atoms with Crippen molar-refractivity contribution in [2.24, 2.45) is 0 Å². The Balaban J connectivity index is 1.80. The van der Waals surface area contributed by atoms with Crippen molar-refractivity contribution < 1.29 is 13.9 Å². The van der Waals surface area contributed by atoms with Crippen LogP contribution < -0.4 is 0 Å². The Labute approximate surface area is 185 Å². The van der Waals surface area contributed by atoms with E-state index in [2.05, 4.69) is 30.9 Å². The van der Waals surface area contributed by atoms with E-state index in [-0.39, 0.29) is 12.1 Å². The first-order valence-corrected chi connectivity index (χ1v) is 10.7. The number of ether oxygens (including phenoxy) is 1. The Morgan fingerprint density at radius 1 is 1.30 bits per heavy atom. The smallest absolute Gasteiger partial charge is 0.410 e. The first-order chi connectivity index (χ1) is 14.2. The predicted molar refractivity (Wildman–Crippen MR) is 119 cm³/mol. The van der Waals surface area contributed by atoms with Gasteiger partial charge >= 0.3 is 6.09 Å². The SMILES string of the molecule is CCCN(C(=O)OC(C)(C)C)[C@@H](C)c1ncc(-c2ncc(-c3cccc(Br)c3)o2)[nH]1. The Morgan fingerprint density at radius 3 is 2.73 bits per heavy atom. The number of H-pyrrole nitrogens is 1. The van der Waals surface area contributed by atoms with Crippen LogP contribution in [0.2, 0.25) is 0 Å². The van der Waals surface area contributed by atoms with E-state index in [1.807, 2.05) is 58.9 Å². The monoisotopic (exact) mass is 474 g/mol. The van der Waals surface area contributed by atoms with Gasteiger partial charge in [0.1, 0.15) is 17.1 Å². The molecule has 3 aromatic rings. The lowest BCUT2D eigenvalue weighted by Gasteiger charge is -2.30. The van der Waals surface area contributed by atoms with Crippen molar-refractivity contribution in [3.05, 3.63) is 47.0 Å². The van der Waals surface area contributed by atoms with Crippen molar-refractivity contribution in [3.8, 4) is 22.9 Å². The van der Waals surface area contributed by atoms with Gasteiger partial charge in [-0.25, -0.2) is 14.8 Å². The minimum atomic E-state index is -0.557. The van der Waals surface area contributed by atoms with Gasteiger partial charge in [-0.2, -0.15) is 0 Å². The zero-order chi connectivity index (χ0) is 21.9. The number of halogens is 1. The number of rotatable bonds is 6. The van der Waals surface area contributed by atoms with Crippen LogP contribution in [0, 0.1) is 0 Å². The van der Waals surface area contributed by atoms with E-state index in [4.69, 9.17) is 9.15 Å². The van der Waals surface area contributed by atoms with Crippen LogP contribution >= 0.6 is 15.9 Å². The fourth-order valence-electron chi connectivity index (χ4n) is 2.98. The predicted octanol–water partition coefficient (Wildman–Crippen LogP) is 6.20. The molecule has 7 nitrogen and oxygen atoms in total. The van der Waals surface area contributed by atoms with Crippen LogP contribution in [0.25, 0.3) is 22.9 Å². The molecule has 2 aromatic heterocycles. The zero-order valence-corrected chi connectivity index (χ0v) is 19.5. The molecule has 0 aliphatic rings. The Kier molecular flexibility index (Phi) is 6.65. The minimum absolute atomic E-state index is 0.284. The Bertz CT molecular complexity index is 1010. The van der Waals surface area contributed by atoms with Gasteiger partial charge in [-0.3, -0.25) is 4.90 Å². The number of benzene rings is 1. The van der Waals surface area contributed by atoms with E-state index in [9.17, 15) is 4.79 Å². The van der Waals surface area contributed by atoms with Gasteiger partial charge in [-0.05, 0) is 46.2 Å². The standard InChI is InChI=1S/C22H27BrN4O3/c1-6-10-27(21(28)30-22(3,4)5)14(2)19-24-12-17(26-19)20-25-13-18(29-20)15-8-7-9-16(23)11-15/h7-9,11-14H,6,10H2,1-5H3,(H,24,26)/t14-/m0/s1. The molecular formula is C22H27BrN4O3. The lowest BCUT2D eigenvalue weighted by molar-refractivity contribution is 0.0166. The van der Waals surface area contributed by atoms with E-state index in [1.54, 1.807) is 17.3 Å². The van der Waals surface area contributed by atoms with Gasteiger partial charge in [-0.15, -0.1) is 0 Å². The molecule has 0 aliphatic carbocycles. The number of hydrogen-bond acceptors (Lipinski definition) is 5.